The van der Waals surface area contributed by atoms with Gasteiger partial charge in [0.15, 0.2) is 0 Å². The van der Waals surface area contributed by atoms with Gasteiger partial charge in [-0.3, -0.25) is 0 Å². The first-order valence-corrected chi connectivity index (χ1v) is 3.75. The van der Waals surface area contributed by atoms with E-state index in [-0.39, 0.29) is 0 Å². The van der Waals surface area contributed by atoms with Crippen LogP contribution in [-0.2, 0) is 6.42 Å². The molecular weight excluding hydrogens is 130 g/mol. The lowest BCUT2D eigenvalue weighted by Crippen LogP contribution is -1.81. The molecule has 0 aliphatic rings. The maximum Gasteiger partial charge on any atom is 0.267 e. The molecule has 0 radical (unpaired) electrons. The van der Waals surface area contributed by atoms with Gasteiger partial charge in [-0.1, -0.05) is 4.85 Å². The molecule has 0 unspecified atom stereocenters. The molecule has 0 fully saturated rings. The summed E-state index contributed by atoms with van der Waals surface area (Å²) in [5.74, 6) is 0. The highest BCUT2D eigenvalue weighted by Crippen LogP contribution is 2.05. The lowest BCUT2D eigenvalue weighted by Gasteiger charge is -1.79. The minimum atomic E-state index is 0.733. The van der Waals surface area contributed by atoms with Crippen LogP contribution in [0.1, 0.15) is 5.56 Å². The minimum Gasteiger partial charge on any atom is -0.152 e. The highest BCUT2D eigenvalue weighted by molar-refractivity contribution is 7.07. The van der Waals surface area contributed by atoms with Crippen LogP contribution in [0, 0.1) is 6.57 Å². The molecule has 0 atom stereocenters. The highest BCUT2D eigenvalue weighted by atomic mass is 32.1. The van der Waals surface area contributed by atoms with E-state index in [1.54, 1.807) is 11.3 Å². The summed E-state index contributed by atoms with van der Waals surface area (Å²) in [5.41, 5.74) is 1.33. The molecule has 0 aliphatic heterocycles. The molecule has 0 aromatic carbocycles. The van der Waals surface area contributed by atoms with E-state index >= 15 is 0 Å². The van der Waals surface area contributed by atoms with E-state index < -0.39 is 0 Å². The molecule has 0 N–H and O–H groups in total. The van der Waals surface area contributed by atoms with Crippen LogP contribution in [0.2, 0.25) is 0 Å². The molecule has 0 spiro atoms. The fourth-order valence-electron chi connectivity index (χ4n) is 0.629. The van der Waals surface area contributed by atoms with Gasteiger partial charge in [-0.15, -0.1) is 0 Å². The first kappa shape index (κ1) is 6.31. The maximum absolute atomic E-state index is 4.97. The zero-order chi connectivity index (χ0) is 6.53. The zero-order valence-corrected chi connectivity index (χ0v) is 5.90. The monoisotopic (exact) mass is 138 g/mol. The third-order valence-corrected chi connectivity index (χ3v) is 1.84. The molecule has 0 amide bonds. The largest absolute Gasteiger partial charge is 0.267 e. The first-order chi connectivity index (χ1) is 4.43. The SMILES string of the molecule is C#[N+]CCc1ccsc1. The van der Waals surface area contributed by atoms with Gasteiger partial charge in [0.05, 0.1) is 6.42 Å². The summed E-state index contributed by atoms with van der Waals surface area (Å²) >= 11 is 1.71. The molecule has 9 heavy (non-hydrogen) atoms. The summed E-state index contributed by atoms with van der Waals surface area (Å²) in [6.07, 6.45) is 0.972. The van der Waals surface area contributed by atoms with Gasteiger partial charge < -0.3 is 0 Å². The highest BCUT2D eigenvalue weighted by Gasteiger charge is 1.94. The Morgan fingerprint density at radius 3 is 3.11 bits per heavy atom. The fourth-order valence-corrected chi connectivity index (χ4v) is 1.33. The maximum atomic E-state index is 4.97. The topological polar surface area (TPSA) is 4.36 Å². The van der Waals surface area contributed by atoms with Gasteiger partial charge in [-0.2, -0.15) is 11.3 Å². The molecule has 0 saturated heterocycles. The Morgan fingerprint density at radius 1 is 1.67 bits per heavy atom. The Labute approximate surface area is 58.8 Å². The van der Waals surface area contributed by atoms with Crippen molar-refractivity contribution in [3.63, 3.8) is 0 Å². The average molecular weight is 138 g/mol. The molecular formula is C7H8NS+. The van der Waals surface area contributed by atoms with Crippen LogP contribution in [0.4, 0.5) is 0 Å². The van der Waals surface area contributed by atoms with E-state index in [2.05, 4.69) is 21.7 Å². The van der Waals surface area contributed by atoms with Crippen molar-refractivity contribution in [2.45, 2.75) is 6.42 Å². The average Bonchev–Trinajstić information content (AvgIpc) is 2.34. The lowest BCUT2D eigenvalue weighted by molar-refractivity contribution is 1.09. The van der Waals surface area contributed by atoms with Crippen molar-refractivity contribution >= 4 is 11.3 Å². The fraction of sp³-hybridized carbons (Fsp3) is 0.286. The van der Waals surface area contributed by atoms with Crippen molar-refractivity contribution in [3.8, 4) is 6.57 Å². The van der Waals surface area contributed by atoms with Crippen LogP contribution in [-0.4, -0.2) is 6.54 Å². The van der Waals surface area contributed by atoms with Crippen LogP contribution in [0.25, 0.3) is 4.85 Å². The van der Waals surface area contributed by atoms with Gasteiger partial charge in [0.25, 0.3) is 13.1 Å². The third kappa shape index (κ3) is 1.87. The predicted octanol–water partition coefficient (Wildman–Crippen LogP) is 2.25. The summed E-state index contributed by atoms with van der Waals surface area (Å²) in [6, 6.07) is 2.09. The quantitative estimate of drug-likeness (QED) is 0.590. The molecule has 0 aliphatic carbocycles. The van der Waals surface area contributed by atoms with Crippen molar-refractivity contribution < 1.29 is 0 Å². The molecule has 2 heteroatoms. The zero-order valence-electron chi connectivity index (χ0n) is 5.08. The van der Waals surface area contributed by atoms with Crippen molar-refractivity contribution in [2.24, 2.45) is 0 Å². The van der Waals surface area contributed by atoms with E-state index in [0.29, 0.717) is 0 Å². The van der Waals surface area contributed by atoms with E-state index in [1.165, 1.54) is 5.56 Å². The molecule has 1 aromatic rings. The summed E-state index contributed by atoms with van der Waals surface area (Å²) in [5, 5.41) is 4.18. The van der Waals surface area contributed by atoms with Gasteiger partial charge in [0.1, 0.15) is 0 Å². The van der Waals surface area contributed by atoms with Crippen molar-refractivity contribution in [1.82, 2.24) is 0 Å². The Morgan fingerprint density at radius 2 is 2.56 bits per heavy atom. The van der Waals surface area contributed by atoms with Crippen molar-refractivity contribution in [1.29, 1.82) is 0 Å². The lowest BCUT2D eigenvalue weighted by atomic mass is 10.2. The van der Waals surface area contributed by atoms with Crippen LogP contribution < -0.4 is 0 Å². The van der Waals surface area contributed by atoms with Crippen LogP contribution >= 0.6 is 11.3 Å². The van der Waals surface area contributed by atoms with Crippen molar-refractivity contribution in [3.05, 3.63) is 27.2 Å². The number of rotatable bonds is 2. The van der Waals surface area contributed by atoms with Gasteiger partial charge in [0, 0.05) is 0 Å². The predicted molar refractivity (Wildman–Crippen MR) is 41.2 cm³/mol. The standard InChI is InChI=1S/C7H8NS/c1-8-4-2-7-3-5-9-6-7/h1,3,5-6H,2,4H2/q+1. The molecule has 46 valence electrons. The van der Waals surface area contributed by atoms with Crippen LogP contribution in [0.5, 0.6) is 0 Å². The third-order valence-electron chi connectivity index (χ3n) is 1.11. The summed E-state index contributed by atoms with van der Waals surface area (Å²) in [6.45, 7) is 5.71. The van der Waals surface area contributed by atoms with E-state index in [9.17, 15) is 0 Å². The van der Waals surface area contributed by atoms with Crippen LogP contribution in [0.3, 0.4) is 0 Å². The smallest absolute Gasteiger partial charge is 0.152 e. The van der Waals surface area contributed by atoms with Gasteiger partial charge in [0.2, 0.25) is 0 Å². The molecule has 1 aromatic heterocycles. The summed E-state index contributed by atoms with van der Waals surface area (Å²) in [4.78, 5) is 3.52. The Bertz CT molecular complexity index is 195. The second-order valence-electron chi connectivity index (χ2n) is 1.79. The van der Waals surface area contributed by atoms with Crippen LogP contribution in [0.15, 0.2) is 16.8 Å². The Hall–Kier alpha value is -0.810. The summed E-state index contributed by atoms with van der Waals surface area (Å²) in [7, 11) is 0. The molecule has 0 saturated carbocycles. The normalized spacial score (nSPS) is 8.78. The number of hydrogen-bond donors (Lipinski definition) is 0. The van der Waals surface area contributed by atoms with Gasteiger partial charge >= 0.3 is 0 Å². The van der Waals surface area contributed by atoms with Crippen molar-refractivity contribution in [2.75, 3.05) is 6.54 Å². The minimum absolute atomic E-state index is 0.733. The molecule has 1 heterocycles. The summed E-state index contributed by atoms with van der Waals surface area (Å²) < 4.78 is 0. The Balaban J connectivity index is 2.41. The molecule has 0 bridgehead atoms. The Kier molecular flexibility index (Phi) is 2.29. The van der Waals surface area contributed by atoms with Gasteiger partial charge in [-0.05, 0) is 22.4 Å². The number of hydrogen-bond acceptors (Lipinski definition) is 1. The first-order valence-electron chi connectivity index (χ1n) is 2.81. The van der Waals surface area contributed by atoms with E-state index in [1.807, 2.05) is 0 Å². The molecule has 1 rings (SSSR count). The second kappa shape index (κ2) is 3.26. The van der Waals surface area contributed by atoms with E-state index in [0.717, 1.165) is 13.0 Å². The number of nitrogens with zero attached hydrogens (tertiary/aromatic N) is 1. The molecule has 1 nitrogen and oxygen atoms in total. The van der Waals surface area contributed by atoms with E-state index in [4.69, 9.17) is 6.57 Å². The number of thiophene rings is 1. The van der Waals surface area contributed by atoms with Gasteiger partial charge in [-0.25, -0.2) is 0 Å². The second-order valence-corrected chi connectivity index (χ2v) is 2.57.